The van der Waals surface area contributed by atoms with Gasteiger partial charge in [0, 0.05) is 34.3 Å². The first kappa shape index (κ1) is 31.3. The predicted molar refractivity (Wildman–Crippen MR) is 169 cm³/mol. The summed E-state index contributed by atoms with van der Waals surface area (Å²) in [7, 11) is 3.05. The van der Waals surface area contributed by atoms with Gasteiger partial charge in [-0.25, -0.2) is 0 Å². The van der Waals surface area contributed by atoms with Crippen LogP contribution in [-0.2, 0) is 9.59 Å². The second-order valence-corrected chi connectivity index (χ2v) is 10.2. The Kier molecular flexibility index (Phi) is 10.7. The molecule has 224 valence electrons. The van der Waals surface area contributed by atoms with E-state index < -0.39 is 16.7 Å². The van der Waals surface area contributed by atoms with Crippen molar-refractivity contribution >= 4 is 52.6 Å². The number of carbonyl (C=O) groups excluding carboxylic acids is 3. The molecular weight excluding hydrogens is 584 g/mol. The molecule has 12 heteroatoms. The van der Waals surface area contributed by atoms with Crippen molar-refractivity contribution in [2.75, 3.05) is 30.6 Å². The van der Waals surface area contributed by atoms with Gasteiger partial charge in [0.25, 0.3) is 17.5 Å². The first-order valence-corrected chi connectivity index (χ1v) is 14.1. The van der Waals surface area contributed by atoms with E-state index in [0.717, 1.165) is 4.90 Å². The zero-order chi connectivity index (χ0) is 31.5. The molecule has 0 spiro atoms. The van der Waals surface area contributed by atoms with Gasteiger partial charge in [-0.3, -0.25) is 24.5 Å². The summed E-state index contributed by atoms with van der Waals surface area (Å²) in [4.78, 5) is 49.9. The standard InChI is InChI=1S/C32H28N4O7S/c1-42-25-14-17-27(29(19-25)43-2)34-30(37)20-44-26-15-10-23(11-16-26)33-32(39)28(35-31(38)22-6-4-3-5-7-22)18-21-8-12-24(13-9-21)36(40)41/h3-19H,20H2,1-2H3,(H,33,39)(H,34,37)(H,35,38)/b28-18-. The molecule has 0 saturated heterocycles. The van der Waals surface area contributed by atoms with Crippen molar-refractivity contribution in [2.45, 2.75) is 4.90 Å². The lowest BCUT2D eigenvalue weighted by atomic mass is 10.1. The van der Waals surface area contributed by atoms with Crippen LogP contribution in [0.3, 0.4) is 0 Å². The Bertz CT molecular complexity index is 1680. The lowest BCUT2D eigenvalue weighted by molar-refractivity contribution is -0.384. The molecule has 4 aromatic carbocycles. The summed E-state index contributed by atoms with van der Waals surface area (Å²) in [6, 6.07) is 25.9. The Morgan fingerprint density at radius 1 is 0.864 bits per heavy atom. The largest absolute Gasteiger partial charge is 0.497 e. The van der Waals surface area contributed by atoms with Crippen molar-refractivity contribution in [2.24, 2.45) is 0 Å². The van der Waals surface area contributed by atoms with Crippen LogP contribution in [0.1, 0.15) is 15.9 Å². The topological polar surface area (TPSA) is 149 Å². The van der Waals surface area contributed by atoms with Crippen LogP contribution in [0.2, 0.25) is 0 Å². The van der Waals surface area contributed by atoms with Gasteiger partial charge in [-0.2, -0.15) is 0 Å². The molecule has 0 radical (unpaired) electrons. The number of non-ortho nitro benzene ring substituents is 1. The van der Waals surface area contributed by atoms with E-state index in [-0.39, 0.29) is 23.0 Å². The monoisotopic (exact) mass is 612 g/mol. The SMILES string of the molecule is COc1ccc(NC(=O)CSc2ccc(NC(=O)/C(=C/c3ccc([N+](=O)[O-])cc3)NC(=O)c3ccccc3)cc2)c(OC)c1. The number of hydrogen-bond acceptors (Lipinski definition) is 8. The fraction of sp³-hybridized carbons (Fsp3) is 0.0938. The van der Waals surface area contributed by atoms with Gasteiger partial charge in [-0.05, 0) is 72.3 Å². The molecule has 0 aliphatic heterocycles. The van der Waals surface area contributed by atoms with Gasteiger partial charge in [-0.1, -0.05) is 18.2 Å². The normalized spacial score (nSPS) is 10.8. The third-order valence-electron chi connectivity index (χ3n) is 6.11. The van der Waals surface area contributed by atoms with E-state index in [2.05, 4.69) is 16.0 Å². The number of anilines is 2. The second kappa shape index (κ2) is 15.0. The lowest BCUT2D eigenvalue weighted by Crippen LogP contribution is -2.30. The van der Waals surface area contributed by atoms with Crippen LogP contribution < -0.4 is 25.4 Å². The van der Waals surface area contributed by atoms with Gasteiger partial charge >= 0.3 is 0 Å². The number of rotatable bonds is 12. The number of amides is 3. The maximum Gasteiger partial charge on any atom is 0.272 e. The van der Waals surface area contributed by atoms with Crippen LogP contribution in [0.15, 0.2) is 108 Å². The highest BCUT2D eigenvalue weighted by Crippen LogP contribution is 2.29. The number of nitrogens with zero attached hydrogens (tertiary/aromatic N) is 1. The zero-order valence-electron chi connectivity index (χ0n) is 23.7. The Balaban J connectivity index is 1.41. The molecule has 0 saturated carbocycles. The van der Waals surface area contributed by atoms with Gasteiger partial charge in [0.2, 0.25) is 5.91 Å². The average Bonchev–Trinajstić information content (AvgIpc) is 3.04. The number of nitrogens with one attached hydrogen (secondary N) is 3. The molecule has 0 aliphatic carbocycles. The first-order valence-electron chi connectivity index (χ1n) is 13.1. The number of carbonyl (C=O) groups is 3. The lowest BCUT2D eigenvalue weighted by Gasteiger charge is -2.12. The van der Waals surface area contributed by atoms with Crippen LogP contribution in [0.25, 0.3) is 6.08 Å². The molecule has 4 aromatic rings. The summed E-state index contributed by atoms with van der Waals surface area (Å²) in [5, 5.41) is 19.2. The fourth-order valence-electron chi connectivity index (χ4n) is 3.87. The summed E-state index contributed by atoms with van der Waals surface area (Å²) < 4.78 is 10.5. The van der Waals surface area contributed by atoms with Crippen LogP contribution in [-0.4, -0.2) is 42.6 Å². The molecule has 0 heterocycles. The van der Waals surface area contributed by atoms with E-state index >= 15 is 0 Å². The third-order valence-corrected chi connectivity index (χ3v) is 7.12. The molecule has 4 rings (SSSR count). The third kappa shape index (κ3) is 8.69. The van der Waals surface area contributed by atoms with E-state index in [0.29, 0.717) is 34.0 Å². The number of nitro groups is 1. The van der Waals surface area contributed by atoms with Crippen molar-refractivity contribution in [1.29, 1.82) is 0 Å². The number of hydrogen-bond donors (Lipinski definition) is 3. The van der Waals surface area contributed by atoms with Crippen molar-refractivity contribution in [3.8, 4) is 11.5 Å². The highest BCUT2D eigenvalue weighted by molar-refractivity contribution is 8.00. The van der Waals surface area contributed by atoms with Crippen LogP contribution in [0.5, 0.6) is 11.5 Å². The Hall–Kier alpha value is -5.62. The summed E-state index contributed by atoms with van der Waals surface area (Å²) in [6.07, 6.45) is 1.43. The fourth-order valence-corrected chi connectivity index (χ4v) is 4.57. The van der Waals surface area contributed by atoms with Crippen molar-refractivity contribution in [3.05, 3.63) is 124 Å². The molecular formula is C32H28N4O7S. The molecule has 0 aliphatic rings. The Morgan fingerprint density at radius 3 is 2.20 bits per heavy atom. The van der Waals surface area contributed by atoms with Gasteiger partial charge in [0.1, 0.15) is 17.2 Å². The summed E-state index contributed by atoms with van der Waals surface area (Å²) in [5.41, 5.74) is 1.65. The molecule has 3 amide bonds. The highest BCUT2D eigenvalue weighted by atomic mass is 32.2. The van der Waals surface area contributed by atoms with Crippen LogP contribution in [0.4, 0.5) is 17.1 Å². The average molecular weight is 613 g/mol. The maximum absolute atomic E-state index is 13.2. The van der Waals surface area contributed by atoms with Gasteiger partial charge in [0.15, 0.2) is 0 Å². The van der Waals surface area contributed by atoms with Crippen LogP contribution >= 0.6 is 11.8 Å². The number of methoxy groups -OCH3 is 2. The molecule has 0 atom stereocenters. The Morgan fingerprint density at radius 2 is 1.57 bits per heavy atom. The van der Waals surface area contributed by atoms with Gasteiger partial charge in [-0.15, -0.1) is 11.8 Å². The summed E-state index contributed by atoms with van der Waals surface area (Å²) in [5.74, 6) is -0.106. The van der Waals surface area contributed by atoms with E-state index in [1.165, 1.54) is 49.2 Å². The quantitative estimate of drug-likeness (QED) is 0.0792. The molecule has 11 nitrogen and oxygen atoms in total. The van der Waals surface area contributed by atoms with E-state index in [1.807, 2.05) is 0 Å². The number of nitro benzene ring substituents is 1. The smallest absolute Gasteiger partial charge is 0.272 e. The van der Waals surface area contributed by atoms with Crippen molar-refractivity contribution in [1.82, 2.24) is 5.32 Å². The maximum atomic E-state index is 13.2. The molecule has 0 bridgehead atoms. The summed E-state index contributed by atoms with van der Waals surface area (Å²) >= 11 is 1.31. The van der Waals surface area contributed by atoms with E-state index in [4.69, 9.17) is 9.47 Å². The molecule has 44 heavy (non-hydrogen) atoms. The second-order valence-electron chi connectivity index (χ2n) is 9.11. The summed E-state index contributed by atoms with van der Waals surface area (Å²) in [6.45, 7) is 0. The van der Waals surface area contributed by atoms with Crippen molar-refractivity contribution < 1.29 is 28.8 Å². The van der Waals surface area contributed by atoms with Crippen molar-refractivity contribution in [3.63, 3.8) is 0 Å². The molecule has 0 fully saturated rings. The van der Waals surface area contributed by atoms with E-state index in [9.17, 15) is 24.5 Å². The first-order chi connectivity index (χ1) is 21.2. The minimum absolute atomic E-state index is 0.0585. The Labute approximate surface area is 257 Å². The minimum atomic E-state index is -0.596. The highest BCUT2D eigenvalue weighted by Gasteiger charge is 2.16. The molecule has 0 aromatic heterocycles. The molecule has 0 unspecified atom stereocenters. The zero-order valence-corrected chi connectivity index (χ0v) is 24.6. The van der Waals surface area contributed by atoms with Crippen LogP contribution in [0, 0.1) is 10.1 Å². The number of thioether (sulfide) groups is 1. The van der Waals surface area contributed by atoms with E-state index in [1.54, 1.807) is 79.9 Å². The molecule has 3 N–H and O–H groups in total. The number of ether oxygens (including phenoxy) is 2. The minimum Gasteiger partial charge on any atom is -0.497 e. The van der Waals surface area contributed by atoms with Gasteiger partial charge < -0.3 is 25.4 Å². The number of benzene rings is 4. The predicted octanol–water partition coefficient (Wildman–Crippen LogP) is 5.75. The van der Waals surface area contributed by atoms with Gasteiger partial charge in [0.05, 0.1) is 30.6 Å².